The number of carbonyl (C=O) groups is 10. The lowest BCUT2D eigenvalue weighted by Gasteiger charge is -2.27. The zero-order valence-corrected chi connectivity index (χ0v) is 36.2. The number of primary amides is 3. The van der Waals surface area contributed by atoms with Gasteiger partial charge in [-0.3, -0.25) is 43.2 Å². The van der Waals surface area contributed by atoms with Gasteiger partial charge in [0.15, 0.2) is 0 Å². The Hall–Kier alpha value is -7.18. The highest BCUT2D eigenvalue weighted by atomic mass is 16.4. The molecule has 19 N–H and O–H groups in total. The molecule has 24 heteroatoms. The van der Waals surface area contributed by atoms with E-state index in [-0.39, 0.29) is 50.8 Å². The van der Waals surface area contributed by atoms with Crippen LogP contribution < -0.4 is 60.6 Å². The lowest BCUT2D eigenvalue weighted by molar-refractivity contribution is -0.142. The summed E-state index contributed by atoms with van der Waals surface area (Å²) in [5.41, 5.74) is 28.6. The molecule has 0 heterocycles. The van der Waals surface area contributed by atoms with Crippen LogP contribution in [-0.2, 0) is 60.8 Å². The van der Waals surface area contributed by atoms with Crippen molar-refractivity contribution in [2.24, 2.45) is 28.7 Å². The number of carboxylic acids is 1. The number of unbranched alkanes of at least 4 members (excludes halogenated alkanes) is 1. The molecule has 0 aliphatic heterocycles. The quantitative estimate of drug-likeness (QED) is 0.0317. The second-order valence-corrected chi connectivity index (χ2v) is 15.4. The van der Waals surface area contributed by atoms with Crippen molar-refractivity contribution >= 4 is 59.1 Å². The Labute approximate surface area is 379 Å². The smallest absolute Gasteiger partial charge is 0.326 e. The van der Waals surface area contributed by atoms with Gasteiger partial charge in [-0.2, -0.15) is 0 Å². The molecule has 0 spiro atoms. The lowest BCUT2D eigenvalue weighted by atomic mass is 10.0. The third-order valence-corrected chi connectivity index (χ3v) is 9.96. The van der Waals surface area contributed by atoms with Crippen molar-refractivity contribution in [1.29, 1.82) is 0 Å². The van der Waals surface area contributed by atoms with Gasteiger partial charge in [-0.05, 0) is 74.8 Å². The number of aliphatic carboxylic acids is 1. The van der Waals surface area contributed by atoms with E-state index < -0.39 is 127 Å². The number of carbonyl (C=O) groups excluding carboxylic acids is 9. The Morgan fingerprint density at radius 3 is 1.32 bits per heavy atom. The van der Waals surface area contributed by atoms with Gasteiger partial charge in [-0.25, -0.2) is 4.79 Å². The number of phenolic OH excluding ortho intramolecular Hbond substituents is 1. The number of aromatic hydroxyl groups is 1. The number of nitrogens with one attached hydrogen (secondary N) is 6. The number of carboxylic acid groups (broad SMARTS) is 1. The summed E-state index contributed by atoms with van der Waals surface area (Å²) < 4.78 is 0. The third kappa shape index (κ3) is 20.5. The zero-order chi connectivity index (χ0) is 49.3. The van der Waals surface area contributed by atoms with Crippen molar-refractivity contribution in [3.05, 3.63) is 65.7 Å². The second-order valence-electron chi connectivity index (χ2n) is 15.4. The fraction of sp³-hybridized carbons (Fsp3) is 0.476. The Morgan fingerprint density at radius 1 is 0.485 bits per heavy atom. The predicted octanol–water partition coefficient (Wildman–Crippen LogP) is -4.58. The van der Waals surface area contributed by atoms with Crippen LogP contribution in [0.1, 0.15) is 68.9 Å². The summed E-state index contributed by atoms with van der Waals surface area (Å²) in [6.07, 6.45) is -1.96. The Balaban J connectivity index is 2.38. The Morgan fingerprint density at radius 2 is 0.879 bits per heavy atom. The van der Waals surface area contributed by atoms with Gasteiger partial charge in [0, 0.05) is 25.7 Å². The van der Waals surface area contributed by atoms with Crippen molar-refractivity contribution in [2.45, 2.75) is 113 Å². The highest BCUT2D eigenvalue weighted by Gasteiger charge is 2.34. The maximum absolute atomic E-state index is 14.0. The first-order chi connectivity index (χ1) is 31.2. The summed E-state index contributed by atoms with van der Waals surface area (Å²) in [6.45, 7) is -0.799. The van der Waals surface area contributed by atoms with Gasteiger partial charge in [0.05, 0.1) is 12.6 Å². The molecule has 362 valence electrons. The van der Waals surface area contributed by atoms with Crippen molar-refractivity contribution in [2.75, 3.05) is 13.2 Å². The maximum Gasteiger partial charge on any atom is 0.326 e. The highest BCUT2D eigenvalue weighted by Crippen LogP contribution is 2.13. The summed E-state index contributed by atoms with van der Waals surface area (Å²) in [5.74, 6) is -10.2. The van der Waals surface area contributed by atoms with Crippen LogP contribution in [0.25, 0.3) is 0 Å². The van der Waals surface area contributed by atoms with Crippen molar-refractivity contribution in [3.63, 3.8) is 0 Å². The molecule has 24 nitrogen and oxygen atoms in total. The molecule has 0 aliphatic carbocycles. The van der Waals surface area contributed by atoms with Crippen LogP contribution in [0.5, 0.6) is 5.75 Å². The van der Waals surface area contributed by atoms with Gasteiger partial charge in [-0.1, -0.05) is 42.5 Å². The molecule has 2 aromatic rings. The standard InChI is InChI=1S/C42H61N11O13/c43-19-5-4-8-30(42(65)66)51-37(60)28(14-17-34(46)57)49-40(63)31(21-24-9-11-25(55)12-10-24)52-38(61)29(15-18-35(47)58)50-41(64)32(22-54)53-39(62)27(13-16-33(45)56)48-36(59)26(44)20-23-6-2-1-3-7-23/h1-3,6-7,9-12,26-32,54-55H,4-5,8,13-22,43-44H2,(H2,45,56)(H2,46,57)(H2,47,58)(H,48,59)(H,49,63)(H,50,64)(H,51,60)(H,52,61)(H,53,62)(H,65,66)/t26-,27-,28-,29-,30-,31-,32-/m0/s1. The van der Waals surface area contributed by atoms with Crippen LogP contribution in [0.2, 0.25) is 0 Å². The number of hydrogen-bond acceptors (Lipinski definition) is 14. The van der Waals surface area contributed by atoms with E-state index in [1.165, 1.54) is 24.3 Å². The van der Waals surface area contributed by atoms with Crippen LogP contribution in [0, 0.1) is 0 Å². The van der Waals surface area contributed by atoms with E-state index in [1.807, 2.05) is 0 Å². The minimum Gasteiger partial charge on any atom is -0.508 e. The number of hydrogen-bond donors (Lipinski definition) is 14. The Kier molecular flexibility index (Phi) is 23.8. The molecule has 0 aliphatic rings. The molecule has 2 aromatic carbocycles. The third-order valence-electron chi connectivity index (χ3n) is 9.96. The maximum atomic E-state index is 14.0. The van der Waals surface area contributed by atoms with Crippen LogP contribution in [0.4, 0.5) is 0 Å². The van der Waals surface area contributed by atoms with E-state index in [0.717, 1.165) is 0 Å². The molecule has 2 rings (SSSR count). The summed E-state index contributed by atoms with van der Waals surface area (Å²) in [7, 11) is 0. The average Bonchev–Trinajstić information content (AvgIpc) is 3.26. The first-order valence-electron chi connectivity index (χ1n) is 21.0. The molecule has 0 saturated carbocycles. The predicted molar refractivity (Wildman–Crippen MR) is 234 cm³/mol. The molecule has 7 atom stereocenters. The van der Waals surface area contributed by atoms with Gasteiger partial charge in [0.25, 0.3) is 0 Å². The van der Waals surface area contributed by atoms with Crippen molar-refractivity contribution in [3.8, 4) is 5.75 Å². The average molecular weight is 928 g/mol. The van der Waals surface area contributed by atoms with Crippen LogP contribution >= 0.6 is 0 Å². The molecule has 0 fully saturated rings. The molecule has 0 saturated heterocycles. The fourth-order valence-corrected chi connectivity index (χ4v) is 6.29. The van der Waals surface area contributed by atoms with Gasteiger partial charge < -0.3 is 75.9 Å². The molecule has 66 heavy (non-hydrogen) atoms. The molecule has 0 bridgehead atoms. The Bertz CT molecular complexity index is 1990. The van der Waals surface area contributed by atoms with Gasteiger partial charge in [0.2, 0.25) is 53.2 Å². The van der Waals surface area contributed by atoms with Gasteiger partial charge in [-0.15, -0.1) is 0 Å². The van der Waals surface area contributed by atoms with E-state index in [9.17, 15) is 63.3 Å². The number of rotatable bonds is 31. The number of nitrogens with two attached hydrogens (primary N) is 5. The molecular formula is C42H61N11O13. The summed E-state index contributed by atoms with van der Waals surface area (Å²) >= 11 is 0. The SMILES string of the molecule is NCCCC[C@H](NC(=O)[C@H](CCC(N)=O)NC(=O)[C@H](Cc1ccc(O)cc1)NC(=O)[C@H](CCC(N)=O)NC(=O)[C@H](CO)NC(=O)[C@H](CCC(N)=O)NC(=O)[C@@H](N)Cc1ccccc1)C(=O)O. The molecule has 0 unspecified atom stereocenters. The van der Waals surface area contributed by atoms with Gasteiger partial charge >= 0.3 is 5.97 Å². The van der Waals surface area contributed by atoms with E-state index in [0.29, 0.717) is 24.0 Å². The largest absolute Gasteiger partial charge is 0.508 e. The summed E-state index contributed by atoms with van der Waals surface area (Å²) in [6, 6.07) is 3.42. The zero-order valence-electron chi connectivity index (χ0n) is 36.2. The lowest BCUT2D eigenvalue weighted by Crippen LogP contribution is -2.60. The molecule has 0 radical (unpaired) electrons. The topological polar surface area (TPSA) is 434 Å². The number of amides is 9. The first kappa shape index (κ1) is 55.0. The monoisotopic (exact) mass is 927 g/mol. The second kappa shape index (κ2) is 28.6. The van der Waals surface area contributed by atoms with Crippen molar-refractivity contribution < 1.29 is 63.3 Å². The highest BCUT2D eigenvalue weighted by molar-refractivity contribution is 5.97. The number of aliphatic hydroxyl groups is 1. The van der Waals surface area contributed by atoms with Crippen LogP contribution in [0.3, 0.4) is 0 Å². The molecule has 0 aromatic heterocycles. The van der Waals surface area contributed by atoms with E-state index in [2.05, 4.69) is 31.9 Å². The molecule has 9 amide bonds. The van der Waals surface area contributed by atoms with E-state index in [1.54, 1.807) is 30.3 Å². The summed E-state index contributed by atoms with van der Waals surface area (Å²) in [4.78, 5) is 129. The molecular weight excluding hydrogens is 867 g/mol. The minimum atomic E-state index is -1.81. The van der Waals surface area contributed by atoms with Gasteiger partial charge in [0.1, 0.15) is 42.0 Å². The normalized spacial score (nSPS) is 14.0. The van der Waals surface area contributed by atoms with Crippen LogP contribution in [-0.4, -0.2) is 130 Å². The number of benzene rings is 2. The number of aliphatic hydroxyl groups excluding tert-OH is 1. The first-order valence-corrected chi connectivity index (χ1v) is 21.0. The van der Waals surface area contributed by atoms with Crippen LogP contribution in [0.15, 0.2) is 54.6 Å². The van der Waals surface area contributed by atoms with E-state index >= 15 is 0 Å². The number of phenols is 1. The summed E-state index contributed by atoms with van der Waals surface area (Å²) in [5, 5.41) is 43.9. The minimum absolute atomic E-state index is 0.0101. The fourth-order valence-electron chi connectivity index (χ4n) is 6.29. The van der Waals surface area contributed by atoms with E-state index in [4.69, 9.17) is 28.7 Å². The van der Waals surface area contributed by atoms with Crippen molar-refractivity contribution in [1.82, 2.24) is 31.9 Å².